The molecule has 0 fully saturated rings. The van der Waals surface area contributed by atoms with Gasteiger partial charge in [-0.3, -0.25) is 0 Å². The van der Waals surface area contributed by atoms with Crippen molar-refractivity contribution < 1.29 is 0 Å². The molecule has 1 aliphatic carbocycles. The average Bonchev–Trinajstić information content (AvgIpc) is 2.73. The number of aryl methyl sites for hydroxylation is 3. The Morgan fingerprint density at radius 3 is 2.65 bits per heavy atom. The molecular weight excluding hydrogens is 328 g/mol. The summed E-state index contributed by atoms with van der Waals surface area (Å²) in [6.45, 7) is 2.14. The van der Waals surface area contributed by atoms with Crippen LogP contribution in [0.4, 0.5) is 0 Å². The first-order valence-electron chi connectivity index (χ1n) is 7.53. The smallest absolute Gasteiger partial charge is 0.0529 e. The Hall–Kier alpha value is -0.600. The second-order valence-corrected chi connectivity index (χ2v) is 8.09. The SMILES string of the molecule is Cc1ccc(CC(Br)c2cc3c(s2)CCCCC3)cc1. The van der Waals surface area contributed by atoms with Crippen LogP contribution >= 0.6 is 27.3 Å². The Bertz CT molecular complexity index is 544. The lowest BCUT2D eigenvalue weighted by atomic mass is 10.1. The molecule has 3 rings (SSSR count). The molecule has 0 spiro atoms. The van der Waals surface area contributed by atoms with E-state index in [1.165, 1.54) is 48.1 Å². The highest BCUT2D eigenvalue weighted by molar-refractivity contribution is 9.09. The molecule has 2 aromatic rings. The molecule has 0 saturated carbocycles. The number of thiophene rings is 1. The Balaban J connectivity index is 1.73. The van der Waals surface area contributed by atoms with Crippen LogP contribution < -0.4 is 0 Å². The second-order valence-electron chi connectivity index (χ2n) is 5.82. The van der Waals surface area contributed by atoms with Gasteiger partial charge in [-0.25, -0.2) is 0 Å². The van der Waals surface area contributed by atoms with Crippen molar-refractivity contribution in [2.75, 3.05) is 0 Å². The van der Waals surface area contributed by atoms with Crippen LogP contribution in [0.25, 0.3) is 0 Å². The van der Waals surface area contributed by atoms with E-state index in [2.05, 4.69) is 53.2 Å². The summed E-state index contributed by atoms with van der Waals surface area (Å²) in [5.74, 6) is 0. The van der Waals surface area contributed by atoms with E-state index < -0.39 is 0 Å². The van der Waals surface area contributed by atoms with Crippen LogP contribution in [-0.2, 0) is 19.3 Å². The molecule has 1 heterocycles. The highest BCUT2D eigenvalue weighted by Crippen LogP contribution is 2.37. The highest BCUT2D eigenvalue weighted by Gasteiger charge is 2.17. The maximum atomic E-state index is 3.90. The van der Waals surface area contributed by atoms with Crippen molar-refractivity contribution in [1.82, 2.24) is 0 Å². The molecule has 20 heavy (non-hydrogen) atoms. The van der Waals surface area contributed by atoms with Crippen molar-refractivity contribution in [2.45, 2.75) is 50.3 Å². The molecule has 0 saturated heterocycles. The molecule has 1 atom stereocenters. The van der Waals surface area contributed by atoms with Crippen LogP contribution in [0.15, 0.2) is 30.3 Å². The Morgan fingerprint density at radius 2 is 1.85 bits per heavy atom. The van der Waals surface area contributed by atoms with E-state index in [4.69, 9.17) is 0 Å². The quantitative estimate of drug-likeness (QED) is 0.471. The lowest BCUT2D eigenvalue weighted by Crippen LogP contribution is -1.93. The standard InChI is InChI=1S/C18H21BrS/c1-13-7-9-14(10-8-13)11-16(19)18-12-15-5-3-2-4-6-17(15)20-18/h7-10,12,16H,2-6,11H2,1H3. The monoisotopic (exact) mass is 348 g/mol. The minimum absolute atomic E-state index is 0.460. The van der Waals surface area contributed by atoms with Crippen molar-refractivity contribution in [3.8, 4) is 0 Å². The molecule has 0 aliphatic heterocycles. The van der Waals surface area contributed by atoms with Crippen molar-refractivity contribution >= 4 is 27.3 Å². The number of hydrogen-bond acceptors (Lipinski definition) is 1. The summed E-state index contributed by atoms with van der Waals surface area (Å²) in [5.41, 5.74) is 4.37. The molecule has 0 radical (unpaired) electrons. The van der Waals surface area contributed by atoms with Gasteiger partial charge in [0.05, 0.1) is 4.83 Å². The zero-order valence-corrected chi connectivity index (χ0v) is 14.4. The summed E-state index contributed by atoms with van der Waals surface area (Å²) in [6, 6.07) is 11.4. The predicted octanol–water partition coefficient (Wildman–Crippen LogP) is 6.00. The van der Waals surface area contributed by atoms with E-state index in [1.54, 1.807) is 10.4 Å². The van der Waals surface area contributed by atoms with Gasteiger partial charge in [0.25, 0.3) is 0 Å². The topological polar surface area (TPSA) is 0 Å². The largest absolute Gasteiger partial charge is 0.144 e. The number of halogens is 1. The number of fused-ring (bicyclic) bond motifs is 1. The van der Waals surface area contributed by atoms with Gasteiger partial charge in [-0.15, -0.1) is 11.3 Å². The Labute approximate surface area is 134 Å². The molecule has 0 nitrogen and oxygen atoms in total. The fourth-order valence-corrected chi connectivity index (χ4v) is 4.90. The van der Waals surface area contributed by atoms with Crippen molar-refractivity contribution in [3.63, 3.8) is 0 Å². The van der Waals surface area contributed by atoms with Gasteiger partial charge in [0.15, 0.2) is 0 Å². The normalized spacial score (nSPS) is 16.5. The minimum atomic E-state index is 0.460. The molecule has 1 aromatic heterocycles. The molecule has 0 bridgehead atoms. The first-order chi connectivity index (χ1) is 9.72. The minimum Gasteiger partial charge on any atom is -0.144 e. The van der Waals surface area contributed by atoms with Crippen LogP contribution in [0, 0.1) is 6.92 Å². The van der Waals surface area contributed by atoms with Gasteiger partial charge in [-0.2, -0.15) is 0 Å². The first-order valence-corrected chi connectivity index (χ1v) is 9.26. The van der Waals surface area contributed by atoms with Gasteiger partial charge in [-0.1, -0.05) is 52.2 Å². The summed E-state index contributed by atoms with van der Waals surface area (Å²) >= 11 is 5.93. The number of alkyl halides is 1. The van der Waals surface area contributed by atoms with E-state index in [0.29, 0.717) is 4.83 Å². The van der Waals surface area contributed by atoms with E-state index in [-0.39, 0.29) is 0 Å². The Kier molecular flexibility index (Phi) is 4.62. The summed E-state index contributed by atoms with van der Waals surface area (Å²) < 4.78 is 0. The van der Waals surface area contributed by atoms with Gasteiger partial charge in [-0.05, 0) is 56.2 Å². The van der Waals surface area contributed by atoms with Crippen LogP contribution in [0.3, 0.4) is 0 Å². The van der Waals surface area contributed by atoms with E-state index in [9.17, 15) is 0 Å². The number of hydrogen-bond donors (Lipinski definition) is 0. The highest BCUT2D eigenvalue weighted by atomic mass is 79.9. The van der Waals surface area contributed by atoms with Gasteiger partial charge in [0.2, 0.25) is 0 Å². The third-order valence-electron chi connectivity index (χ3n) is 4.11. The van der Waals surface area contributed by atoms with Crippen molar-refractivity contribution in [1.29, 1.82) is 0 Å². The molecule has 1 unspecified atom stereocenters. The third kappa shape index (κ3) is 3.35. The first kappa shape index (κ1) is 14.3. The predicted molar refractivity (Wildman–Crippen MR) is 92.1 cm³/mol. The van der Waals surface area contributed by atoms with Crippen LogP contribution in [-0.4, -0.2) is 0 Å². The lowest BCUT2D eigenvalue weighted by Gasteiger charge is -2.08. The van der Waals surface area contributed by atoms with Crippen LogP contribution in [0.5, 0.6) is 0 Å². The molecule has 106 valence electrons. The molecule has 0 amide bonds. The van der Waals surface area contributed by atoms with E-state index >= 15 is 0 Å². The fourth-order valence-electron chi connectivity index (χ4n) is 2.88. The fraction of sp³-hybridized carbons (Fsp3) is 0.444. The average molecular weight is 349 g/mol. The molecule has 1 aromatic carbocycles. The summed E-state index contributed by atoms with van der Waals surface area (Å²) in [5, 5.41) is 0. The van der Waals surface area contributed by atoms with Crippen molar-refractivity contribution in [3.05, 3.63) is 56.8 Å². The van der Waals surface area contributed by atoms with Crippen LogP contribution in [0.2, 0.25) is 0 Å². The molecule has 2 heteroatoms. The molecular formula is C18H21BrS. The van der Waals surface area contributed by atoms with Gasteiger partial charge < -0.3 is 0 Å². The molecule has 1 aliphatic rings. The second kappa shape index (κ2) is 6.44. The lowest BCUT2D eigenvalue weighted by molar-refractivity contribution is 0.712. The van der Waals surface area contributed by atoms with Gasteiger partial charge >= 0.3 is 0 Å². The van der Waals surface area contributed by atoms with Crippen molar-refractivity contribution in [2.24, 2.45) is 0 Å². The summed E-state index contributed by atoms with van der Waals surface area (Å²) in [4.78, 5) is 3.62. The summed E-state index contributed by atoms with van der Waals surface area (Å²) in [7, 11) is 0. The summed E-state index contributed by atoms with van der Waals surface area (Å²) in [6.07, 6.45) is 7.81. The number of benzene rings is 1. The van der Waals surface area contributed by atoms with Gasteiger partial charge in [0, 0.05) is 9.75 Å². The third-order valence-corrected chi connectivity index (χ3v) is 6.58. The molecule has 0 N–H and O–H groups in total. The maximum absolute atomic E-state index is 3.90. The maximum Gasteiger partial charge on any atom is 0.0529 e. The zero-order valence-electron chi connectivity index (χ0n) is 12.0. The van der Waals surface area contributed by atoms with Gasteiger partial charge in [0.1, 0.15) is 0 Å². The van der Waals surface area contributed by atoms with E-state index in [1.807, 2.05) is 11.3 Å². The zero-order chi connectivity index (χ0) is 13.9. The van der Waals surface area contributed by atoms with E-state index in [0.717, 1.165) is 6.42 Å². The Morgan fingerprint density at radius 1 is 1.10 bits per heavy atom. The van der Waals surface area contributed by atoms with Crippen LogP contribution in [0.1, 0.15) is 50.5 Å². The number of rotatable bonds is 3.